The van der Waals surface area contributed by atoms with Crippen LogP contribution in [0.2, 0.25) is 10.0 Å². The van der Waals surface area contributed by atoms with Crippen LogP contribution in [0.5, 0.6) is 0 Å². The van der Waals surface area contributed by atoms with Crippen LogP contribution in [0.25, 0.3) is 0 Å². The van der Waals surface area contributed by atoms with Crippen molar-refractivity contribution in [2.75, 3.05) is 6.54 Å². The summed E-state index contributed by atoms with van der Waals surface area (Å²) in [7, 11) is 0. The van der Waals surface area contributed by atoms with Gasteiger partial charge in [0.25, 0.3) is 5.91 Å². The molecule has 7 heteroatoms. The van der Waals surface area contributed by atoms with Gasteiger partial charge in [0.15, 0.2) is 0 Å². The van der Waals surface area contributed by atoms with E-state index in [2.05, 4.69) is 0 Å². The molecule has 1 heterocycles. The Labute approximate surface area is 173 Å². The number of carbonyl (C=O) groups excluding carboxylic acids is 2. The van der Waals surface area contributed by atoms with E-state index in [1.807, 2.05) is 11.0 Å². The number of carbonyl (C=O) groups is 2. The Morgan fingerprint density at radius 1 is 1.14 bits per heavy atom. The fourth-order valence-electron chi connectivity index (χ4n) is 4.38. The summed E-state index contributed by atoms with van der Waals surface area (Å²) < 4.78 is 0. The van der Waals surface area contributed by atoms with Gasteiger partial charge >= 0.3 is 0 Å². The second-order valence-electron chi connectivity index (χ2n) is 7.59. The molecular formula is C21H20Cl2N2O3. The third kappa shape index (κ3) is 3.39. The zero-order valence-electron chi connectivity index (χ0n) is 15.2. The summed E-state index contributed by atoms with van der Waals surface area (Å²) in [5, 5.41) is 10.1. The van der Waals surface area contributed by atoms with Gasteiger partial charge in [-0.2, -0.15) is 0 Å². The molecule has 0 unspecified atom stereocenters. The van der Waals surface area contributed by atoms with Crippen molar-refractivity contribution in [3.63, 3.8) is 0 Å². The third-order valence-electron chi connectivity index (χ3n) is 5.94. The molecule has 1 saturated heterocycles. The molecule has 1 spiro atoms. The molecule has 0 aromatic heterocycles. The molecule has 1 aliphatic carbocycles. The van der Waals surface area contributed by atoms with Gasteiger partial charge in [0.05, 0.1) is 5.41 Å². The molecule has 2 amide bonds. The van der Waals surface area contributed by atoms with Crippen LogP contribution in [0.3, 0.4) is 0 Å². The smallest absolute Gasteiger partial charge is 0.274 e. The molecule has 2 aromatic carbocycles. The average Bonchev–Trinajstić information content (AvgIpc) is 2.99. The maximum Gasteiger partial charge on any atom is 0.274 e. The lowest BCUT2D eigenvalue weighted by molar-refractivity contribution is -0.137. The summed E-state index contributed by atoms with van der Waals surface area (Å²) in [6, 6.07) is 10.7. The number of aryl methyl sites for hydroxylation is 1. The summed E-state index contributed by atoms with van der Waals surface area (Å²) >= 11 is 12.3. The van der Waals surface area contributed by atoms with Crippen LogP contribution in [0, 0.1) is 5.41 Å². The Kier molecular flexibility index (Phi) is 5.08. The van der Waals surface area contributed by atoms with Crippen molar-refractivity contribution in [2.24, 2.45) is 5.41 Å². The Balaban J connectivity index is 1.56. The minimum absolute atomic E-state index is 0.131. The number of nitrogens with one attached hydrogen (secondary N) is 1. The number of hydrogen-bond acceptors (Lipinski definition) is 3. The van der Waals surface area contributed by atoms with E-state index < -0.39 is 11.3 Å². The number of rotatable bonds is 3. The summed E-state index contributed by atoms with van der Waals surface area (Å²) in [5.41, 5.74) is 4.63. The second kappa shape index (κ2) is 7.39. The van der Waals surface area contributed by atoms with E-state index in [0.717, 1.165) is 36.0 Å². The van der Waals surface area contributed by atoms with Gasteiger partial charge in [-0.1, -0.05) is 29.3 Å². The first-order valence-corrected chi connectivity index (χ1v) is 9.97. The number of nitrogens with zero attached hydrogens (tertiary/aromatic N) is 1. The first-order valence-electron chi connectivity index (χ1n) is 9.21. The molecule has 4 rings (SSSR count). The Bertz CT molecular complexity index is 963. The molecule has 1 aliphatic heterocycles. The maximum absolute atomic E-state index is 13.3. The predicted octanol–water partition coefficient (Wildman–Crippen LogP) is 4.02. The standard InChI is InChI=1S/C21H20Cl2N2O3/c22-17-3-4-18(23)16(10-17)12-25-8-7-21(20(25)27)6-5-13-1-2-14(19(26)24-28)9-15(13)11-21/h1-4,9-10,28H,5-8,11-12H2,(H,24,26)/t21-/m1/s1. The van der Waals surface area contributed by atoms with Gasteiger partial charge in [0.1, 0.15) is 0 Å². The van der Waals surface area contributed by atoms with Crippen molar-refractivity contribution in [3.05, 3.63) is 68.7 Å². The van der Waals surface area contributed by atoms with Gasteiger partial charge in [-0.3, -0.25) is 14.8 Å². The predicted molar refractivity (Wildman–Crippen MR) is 107 cm³/mol. The molecule has 1 fully saturated rings. The van der Waals surface area contributed by atoms with Crippen LogP contribution in [-0.2, 0) is 24.2 Å². The van der Waals surface area contributed by atoms with Crippen molar-refractivity contribution in [1.29, 1.82) is 0 Å². The number of fused-ring (bicyclic) bond motifs is 1. The van der Waals surface area contributed by atoms with Crippen LogP contribution < -0.4 is 5.48 Å². The highest BCUT2D eigenvalue weighted by Gasteiger charge is 2.48. The van der Waals surface area contributed by atoms with Crippen molar-refractivity contribution in [2.45, 2.75) is 32.2 Å². The summed E-state index contributed by atoms with van der Waals surface area (Å²) in [6.45, 7) is 1.12. The van der Waals surface area contributed by atoms with Crippen molar-refractivity contribution in [3.8, 4) is 0 Å². The lowest BCUT2D eigenvalue weighted by atomic mass is 9.70. The van der Waals surface area contributed by atoms with E-state index in [1.54, 1.807) is 35.8 Å². The Morgan fingerprint density at radius 2 is 1.96 bits per heavy atom. The zero-order valence-corrected chi connectivity index (χ0v) is 16.7. The molecular weight excluding hydrogens is 399 g/mol. The van der Waals surface area contributed by atoms with Gasteiger partial charge in [-0.15, -0.1) is 0 Å². The maximum atomic E-state index is 13.3. The summed E-state index contributed by atoms with van der Waals surface area (Å²) in [5.74, 6) is -0.413. The summed E-state index contributed by atoms with van der Waals surface area (Å²) in [4.78, 5) is 26.9. The number of halogens is 2. The van der Waals surface area contributed by atoms with Crippen LogP contribution in [0.1, 0.15) is 39.9 Å². The van der Waals surface area contributed by atoms with Gasteiger partial charge in [0.2, 0.25) is 5.91 Å². The lowest BCUT2D eigenvalue weighted by Crippen LogP contribution is -2.38. The Morgan fingerprint density at radius 3 is 2.75 bits per heavy atom. The molecule has 0 bridgehead atoms. The molecule has 2 aliphatic rings. The van der Waals surface area contributed by atoms with E-state index in [0.29, 0.717) is 35.1 Å². The van der Waals surface area contributed by atoms with E-state index in [9.17, 15) is 9.59 Å². The molecule has 0 radical (unpaired) electrons. The van der Waals surface area contributed by atoms with Crippen molar-refractivity contribution >= 4 is 35.0 Å². The molecule has 5 nitrogen and oxygen atoms in total. The van der Waals surface area contributed by atoms with Crippen molar-refractivity contribution < 1.29 is 14.8 Å². The lowest BCUT2D eigenvalue weighted by Gasteiger charge is -2.33. The normalized spacial score (nSPS) is 21.1. The van der Waals surface area contributed by atoms with Crippen LogP contribution in [-0.4, -0.2) is 28.5 Å². The van der Waals surface area contributed by atoms with Gasteiger partial charge in [-0.05, 0) is 72.7 Å². The second-order valence-corrected chi connectivity index (χ2v) is 8.44. The molecule has 28 heavy (non-hydrogen) atoms. The number of amides is 2. The number of likely N-dealkylation sites (tertiary alicyclic amines) is 1. The van der Waals surface area contributed by atoms with Crippen LogP contribution in [0.4, 0.5) is 0 Å². The van der Waals surface area contributed by atoms with Gasteiger partial charge in [0, 0.05) is 28.7 Å². The minimum Gasteiger partial charge on any atom is -0.338 e. The fraction of sp³-hybridized carbons (Fsp3) is 0.333. The third-order valence-corrected chi connectivity index (χ3v) is 6.55. The topological polar surface area (TPSA) is 69.6 Å². The van der Waals surface area contributed by atoms with Gasteiger partial charge < -0.3 is 4.90 Å². The van der Waals surface area contributed by atoms with Crippen LogP contribution >= 0.6 is 23.2 Å². The molecule has 2 aromatic rings. The molecule has 1 atom stereocenters. The number of hydrogen-bond donors (Lipinski definition) is 2. The highest BCUT2D eigenvalue weighted by Crippen LogP contribution is 2.44. The average molecular weight is 419 g/mol. The molecule has 0 saturated carbocycles. The van der Waals surface area contributed by atoms with Crippen LogP contribution in [0.15, 0.2) is 36.4 Å². The first-order chi connectivity index (χ1) is 13.4. The van der Waals surface area contributed by atoms with Gasteiger partial charge in [-0.25, -0.2) is 5.48 Å². The van der Waals surface area contributed by atoms with E-state index in [4.69, 9.17) is 28.4 Å². The fourth-order valence-corrected chi connectivity index (χ4v) is 4.75. The zero-order chi connectivity index (χ0) is 19.9. The number of benzene rings is 2. The highest BCUT2D eigenvalue weighted by molar-refractivity contribution is 6.33. The van der Waals surface area contributed by atoms with E-state index in [-0.39, 0.29) is 5.91 Å². The molecule has 2 N–H and O–H groups in total. The monoisotopic (exact) mass is 418 g/mol. The van der Waals surface area contributed by atoms with E-state index in [1.165, 1.54) is 0 Å². The SMILES string of the molecule is O=C(NO)c1ccc2c(c1)C[C@@]1(CC2)CCN(Cc2cc(Cl)ccc2Cl)C1=O. The minimum atomic E-state index is -0.544. The van der Waals surface area contributed by atoms with Crippen molar-refractivity contribution in [1.82, 2.24) is 10.4 Å². The largest absolute Gasteiger partial charge is 0.338 e. The molecule has 146 valence electrons. The Hall–Kier alpha value is -2.08. The highest BCUT2D eigenvalue weighted by atomic mass is 35.5. The quantitative estimate of drug-likeness (QED) is 0.583. The number of hydroxylamine groups is 1. The summed E-state index contributed by atoms with van der Waals surface area (Å²) in [6.07, 6.45) is 2.98. The first kappa shape index (κ1) is 19.2. The van der Waals surface area contributed by atoms with E-state index >= 15 is 0 Å².